The Bertz CT molecular complexity index is 1690. The Balaban J connectivity index is 0.000000217. The normalized spacial score (nSPS) is 10.6. The van der Waals surface area contributed by atoms with Crippen molar-refractivity contribution >= 4 is 0 Å². The molecule has 6 heteroatoms. The van der Waals surface area contributed by atoms with E-state index in [0.29, 0.717) is 11.8 Å². The minimum Gasteiger partial charge on any atom is -0.852 e. The molecule has 2 aromatic heterocycles. The van der Waals surface area contributed by atoms with E-state index in [1.165, 1.54) is 22.3 Å². The Morgan fingerprint density at radius 3 is 0.922 bits per heavy atom. The number of aryl methyl sites for hydroxylation is 4. The summed E-state index contributed by atoms with van der Waals surface area (Å²) < 4.78 is 0. The number of rotatable bonds is 8. The van der Waals surface area contributed by atoms with Crippen molar-refractivity contribution in [2.45, 2.75) is 74.3 Å². The summed E-state index contributed by atoms with van der Waals surface area (Å²) in [6, 6.07) is 37.2. The minimum atomic E-state index is -0.333. The Labute approximate surface area is 319 Å². The van der Waals surface area contributed by atoms with Crippen LogP contribution in [0.4, 0.5) is 0 Å². The molecule has 0 atom stereocenters. The summed E-state index contributed by atoms with van der Waals surface area (Å²) in [4.78, 5) is 17.1. The second kappa shape index (κ2) is 20.5. The van der Waals surface area contributed by atoms with Crippen LogP contribution < -0.4 is 5.11 Å². The van der Waals surface area contributed by atoms with Crippen LogP contribution in [0.25, 0.3) is 45.0 Å². The van der Waals surface area contributed by atoms with Gasteiger partial charge < -0.3 is 25.0 Å². The van der Waals surface area contributed by atoms with Crippen LogP contribution in [-0.2, 0) is 20.1 Å². The van der Waals surface area contributed by atoms with Crippen LogP contribution in [0.1, 0.15) is 62.8 Å². The number of benzene rings is 4. The molecule has 0 aliphatic heterocycles. The summed E-state index contributed by atoms with van der Waals surface area (Å²) >= 11 is 0. The third-order valence-corrected chi connectivity index (χ3v) is 7.95. The average Bonchev–Trinajstić information content (AvgIpc) is 3.08. The van der Waals surface area contributed by atoms with Crippen molar-refractivity contribution in [1.82, 2.24) is 19.9 Å². The van der Waals surface area contributed by atoms with Gasteiger partial charge in [-0.25, -0.2) is 0 Å². The monoisotopic (exact) mass is 854 g/mol. The molecule has 0 saturated heterocycles. The maximum atomic E-state index is 11.1. The Kier molecular flexibility index (Phi) is 16.5. The molecule has 0 bridgehead atoms. The fraction of sp³-hybridized carbons (Fsp3) is 0.289. The molecule has 264 valence electrons. The summed E-state index contributed by atoms with van der Waals surface area (Å²) in [5, 5.41) is 11.1. The molecule has 0 unspecified atom stereocenters. The van der Waals surface area contributed by atoms with Crippen molar-refractivity contribution in [3.8, 4) is 45.0 Å². The van der Waals surface area contributed by atoms with Crippen molar-refractivity contribution in [1.29, 1.82) is 0 Å². The maximum absolute atomic E-state index is 11.1. The van der Waals surface area contributed by atoms with Gasteiger partial charge in [0.05, 0.1) is 0 Å². The van der Waals surface area contributed by atoms with Crippen LogP contribution in [-0.4, -0.2) is 26.0 Å². The van der Waals surface area contributed by atoms with Crippen molar-refractivity contribution in [3.63, 3.8) is 0 Å². The van der Waals surface area contributed by atoms with Gasteiger partial charge in [0.1, 0.15) is 0 Å². The molecule has 51 heavy (non-hydrogen) atoms. The molecule has 0 N–H and O–H groups in total. The van der Waals surface area contributed by atoms with E-state index in [9.17, 15) is 5.11 Å². The van der Waals surface area contributed by atoms with Crippen molar-refractivity contribution < 1.29 is 25.2 Å². The smallest absolute Gasteiger partial charge is 0.852 e. The van der Waals surface area contributed by atoms with Crippen LogP contribution in [0.3, 0.4) is 0 Å². The molecule has 0 amide bonds. The number of hydrogen-bond donors (Lipinski definition) is 0. The molecule has 0 aliphatic carbocycles. The molecular formula is C45H49IrN4O. The molecule has 2 heterocycles. The van der Waals surface area contributed by atoms with Crippen molar-refractivity contribution in [2.75, 3.05) is 0 Å². The van der Waals surface area contributed by atoms with Crippen LogP contribution in [0.2, 0.25) is 0 Å². The van der Waals surface area contributed by atoms with Crippen LogP contribution in [0, 0.1) is 52.2 Å². The fourth-order valence-electron chi connectivity index (χ4n) is 5.61. The predicted molar refractivity (Wildman–Crippen MR) is 205 cm³/mol. The third-order valence-electron chi connectivity index (χ3n) is 7.95. The van der Waals surface area contributed by atoms with Crippen LogP contribution in [0.15, 0.2) is 109 Å². The van der Waals surface area contributed by atoms with E-state index in [4.69, 9.17) is 0 Å². The van der Waals surface area contributed by atoms with Gasteiger partial charge in [-0.15, -0.1) is 18.2 Å². The first-order valence-corrected chi connectivity index (χ1v) is 17.4. The zero-order valence-electron chi connectivity index (χ0n) is 31.1. The summed E-state index contributed by atoms with van der Waals surface area (Å²) in [6.45, 7) is 16.7. The van der Waals surface area contributed by atoms with Gasteiger partial charge in [0, 0.05) is 12.7 Å². The topological polar surface area (TPSA) is 74.6 Å². The van der Waals surface area contributed by atoms with Gasteiger partial charge >= 0.3 is 20.1 Å². The summed E-state index contributed by atoms with van der Waals surface area (Å²) in [7, 11) is 0. The molecule has 0 fully saturated rings. The molecule has 0 aliphatic rings. The molecule has 0 saturated carbocycles. The second-order valence-electron chi connectivity index (χ2n) is 13.8. The molecule has 5 nitrogen and oxygen atoms in total. The van der Waals surface area contributed by atoms with E-state index in [0.717, 1.165) is 57.9 Å². The Morgan fingerprint density at radius 1 is 0.451 bits per heavy atom. The van der Waals surface area contributed by atoms with E-state index in [-0.39, 0.29) is 26.2 Å². The van der Waals surface area contributed by atoms with E-state index < -0.39 is 0 Å². The van der Waals surface area contributed by atoms with Crippen LogP contribution in [0.5, 0.6) is 0 Å². The Hall–Kier alpha value is -4.35. The fourth-order valence-corrected chi connectivity index (χ4v) is 5.61. The molecular weight excluding hydrogens is 805 g/mol. The molecule has 0 radical (unpaired) electrons. The number of nitrogens with zero attached hydrogens (tertiary/aromatic N) is 4. The zero-order chi connectivity index (χ0) is 36.0. The SMILES string of the molecule is CC(C)CC([O-])CC(C)C.Cc1cccc(-c2cc(-c3cccc(C)c3)n[c-]n2)c1.Cc1cccc(-c2cc(-c3cccc(C)c3)n[c-]n2)c1.[Ir+3]. The van der Waals surface area contributed by atoms with Gasteiger partial charge in [-0.1, -0.05) is 182 Å². The standard InChI is InChI=1S/2C18H15N2.C9H19O.Ir/c2*1-13-5-3-7-15(9-13)17-11-18(20-12-19-17)16-8-4-6-14(2)10-16;1-7(2)5-9(10)6-8(3)4;/h2*3-11H,1-2H3;7-9H,5-6H2,1-4H3;/q3*-1;+3. The quantitative estimate of drug-likeness (QED) is 0.143. The minimum absolute atomic E-state index is 0. The first-order chi connectivity index (χ1) is 24.0. The van der Waals surface area contributed by atoms with Gasteiger partial charge in [0.25, 0.3) is 0 Å². The van der Waals surface area contributed by atoms with Crippen LogP contribution >= 0.6 is 0 Å². The molecule has 0 spiro atoms. The molecule has 6 aromatic rings. The molecule has 4 aromatic carbocycles. The van der Waals surface area contributed by atoms with Gasteiger partial charge in [0.2, 0.25) is 0 Å². The van der Waals surface area contributed by atoms with Crippen molar-refractivity contribution in [3.05, 3.63) is 144 Å². The van der Waals surface area contributed by atoms with E-state index >= 15 is 0 Å². The second-order valence-corrected chi connectivity index (χ2v) is 13.8. The predicted octanol–water partition coefficient (Wildman–Crippen LogP) is 10.3. The van der Waals surface area contributed by atoms with E-state index in [1.54, 1.807) is 0 Å². The first kappa shape index (κ1) is 41.1. The first-order valence-electron chi connectivity index (χ1n) is 17.4. The van der Waals surface area contributed by atoms with Gasteiger partial charge in [0.15, 0.2) is 0 Å². The summed E-state index contributed by atoms with van der Waals surface area (Å²) in [5.41, 5.74) is 12.9. The van der Waals surface area contributed by atoms with Crippen molar-refractivity contribution in [2.24, 2.45) is 11.8 Å². The van der Waals surface area contributed by atoms with Gasteiger partial charge in [-0.05, 0) is 62.3 Å². The summed E-state index contributed by atoms with van der Waals surface area (Å²) in [5.74, 6) is 1.11. The summed E-state index contributed by atoms with van der Waals surface area (Å²) in [6.07, 6.45) is 6.86. The zero-order valence-corrected chi connectivity index (χ0v) is 33.5. The number of hydrogen-bond acceptors (Lipinski definition) is 5. The average molecular weight is 854 g/mol. The molecule has 6 rings (SSSR count). The number of aromatic nitrogens is 4. The largest absolute Gasteiger partial charge is 3.00 e. The van der Waals surface area contributed by atoms with Gasteiger partial charge in [-0.2, -0.15) is 0 Å². The van der Waals surface area contributed by atoms with E-state index in [2.05, 4.69) is 161 Å². The van der Waals surface area contributed by atoms with Gasteiger partial charge in [-0.3, -0.25) is 0 Å². The Morgan fingerprint density at radius 2 is 0.706 bits per heavy atom. The van der Waals surface area contributed by atoms with E-state index in [1.807, 2.05) is 36.4 Å². The third kappa shape index (κ3) is 13.7. The maximum Gasteiger partial charge on any atom is 3.00 e.